The number of nitro groups is 1. The lowest BCUT2D eigenvalue weighted by Gasteiger charge is -2.22. The van der Waals surface area contributed by atoms with Gasteiger partial charge < -0.3 is 25.2 Å². The van der Waals surface area contributed by atoms with Crippen molar-refractivity contribution in [3.05, 3.63) is 69.9 Å². The Bertz CT molecular complexity index is 1440. The lowest BCUT2D eigenvalue weighted by atomic mass is 9.84. The summed E-state index contributed by atoms with van der Waals surface area (Å²) in [5.74, 6) is -2.48. The van der Waals surface area contributed by atoms with Crippen LogP contribution in [0.25, 0.3) is 0 Å². The van der Waals surface area contributed by atoms with Crippen molar-refractivity contribution in [2.45, 2.75) is 51.4 Å². The molecule has 1 aliphatic rings. The van der Waals surface area contributed by atoms with Crippen molar-refractivity contribution in [3.8, 4) is 0 Å². The molecule has 1 aliphatic heterocycles. The fraction of sp³-hybridized carbons (Fsp3) is 0.433. The number of nitrogens with zero attached hydrogens (tertiary/aromatic N) is 4. The largest absolute Gasteiger partial charge is 0.481 e. The van der Waals surface area contributed by atoms with Gasteiger partial charge in [-0.05, 0) is 48.7 Å². The van der Waals surface area contributed by atoms with Crippen LogP contribution < -0.4 is 10.2 Å². The van der Waals surface area contributed by atoms with Crippen molar-refractivity contribution < 1.29 is 34.3 Å². The van der Waals surface area contributed by atoms with Crippen LogP contribution in [-0.4, -0.2) is 61.2 Å². The highest BCUT2D eigenvalue weighted by molar-refractivity contribution is 5.95. The minimum absolute atomic E-state index is 0.00535. The molecule has 13 nitrogen and oxygen atoms in total. The minimum atomic E-state index is -1.10. The molecule has 0 saturated heterocycles. The molecule has 13 heteroatoms. The Morgan fingerprint density at radius 3 is 2.65 bits per heavy atom. The van der Waals surface area contributed by atoms with E-state index in [9.17, 15) is 24.5 Å². The number of carboxylic acid groups (broad SMARTS) is 1. The highest BCUT2D eigenvalue weighted by Gasteiger charge is 2.37. The van der Waals surface area contributed by atoms with E-state index in [-0.39, 0.29) is 60.9 Å². The molecular formula is C30H37N5O8. The van der Waals surface area contributed by atoms with E-state index in [0.717, 1.165) is 23.0 Å². The number of carbonyl (C=O) groups is 3. The SMILES string of the molecule is [2H]OCC(CCCCNC(=O)c1ccc(N=Nc2ccc3c(c2)C(C)(C)C(=C)N3C)c([N+](=O)[O-])c1)COC(=O)CCC(=O)O. The molecule has 0 spiro atoms. The number of rotatable bonds is 16. The van der Waals surface area contributed by atoms with Gasteiger partial charge in [-0.15, -0.1) is 5.11 Å². The second kappa shape index (κ2) is 14.5. The van der Waals surface area contributed by atoms with Gasteiger partial charge in [-0.2, -0.15) is 5.11 Å². The summed E-state index contributed by atoms with van der Waals surface area (Å²) in [4.78, 5) is 48.0. The van der Waals surface area contributed by atoms with E-state index < -0.39 is 22.8 Å². The molecule has 0 aliphatic carbocycles. The van der Waals surface area contributed by atoms with Gasteiger partial charge in [-0.25, -0.2) is 0 Å². The molecule has 1 unspecified atom stereocenters. The number of aliphatic hydroxyl groups is 1. The summed E-state index contributed by atoms with van der Waals surface area (Å²) in [6, 6.07) is 9.56. The zero-order chi connectivity index (χ0) is 32.4. The third-order valence-corrected chi connectivity index (χ3v) is 7.43. The van der Waals surface area contributed by atoms with Crippen LogP contribution in [0.5, 0.6) is 0 Å². The van der Waals surface area contributed by atoms with Crippen molar-refractivity contribution in [1.29, 1.82) is 1.43 Å². The minimum Gasteiger partial charge on any atom is -0.481 e. The predicted molar refractivity (Wildman–Crippen MR) is 159 cm³/mol. The fourth-order valence-electron chi connectivity index (χ4n) is 4.68. The molecule has 1 heterocycles. The van der Waals surface area contributed by atoms with E-state index in [1.54, 1.807) is 6.07 Å². The van der Waals surface area contributed by atoms with Crippen LogP contribution >= 0.6 is 0 Å². The number of likely N-dealkylation sites (N-methyl/N-ethyl adjacent to an activating group) is 1. The highest BCUT2D eigenvalue weighted by Crippen LogP contribution is 2.47. The smallest absolute Gasteiger partial charge is 0.306 e. The van der Waals surface area contributed by atoms with Gasteiger partial charge in [0, 0.05) is 54.5 Å². The number of amides is 1. The molecule has 0 aromatic heterocycles. The first-order valence-electron chi connectivity index (χ1n) is 14.3. The first-order valence-corrected chi connectivity index (χ1v) is 13.9. The molecule has 2 aromatic rings. The zero-order valence-corrected chi connectivity index (χ0v) is 24.5. The monoisotopic (exact) mass is 596 g/mol. The molecule has 230 valence electrons. The molecular weight excluding hydrogens is 558 g/mol. The number of benzene rings is 2. The van der Waals surface area contributed by atoms with Crippen LogP contribution in [0, 0.1) is 16.0 Å². The first kappa shape index (κ1) is 31.3. The van der Waals surface area contributed by atoms with Gasteiger partial charge in [-0.1, -0.05) is 26.8 Å². The topological polar surface area (TPSA) is 184 Å². The van der Waals surface area contributed by atoms with Gasteiger partial charge >= 0.3 is 11.9 Å². The van der Waals surface area contributed by atoms with Crippen LogP contribution in [0.15, 0.2) is 58.9 Å². The summed E-state index contributed by atoms with van der Waals surface area (Å²) in [5.41, 5.74) is 2.98. The van der Waals surface area contributed by atoms with Crippen molar-refractivity contribution in [3.63, 3.8) is 0 Å². The van der Waals surface area contributed by atoms with Crippen LogP contribution in [-0.2, 0) is 19.7 Å². The quantitative estimate of drug-likeness (QED) is 0.0773. The normalized spacial score (nSPS) is 14.7. The average Bonchev–Trinajstić information content (AvgIpc) is 3.16. The Balaban J connectivity index is 1.54. The number of azo groups is 1. The zero-order valence-electron chi connectivity index (χ0n) is 25.5. The molecule has 0 bridgehead atoms. The molecule has 3 N–H and O–H groups in total. The highest BCUT2D eigenvalue weighted by atomic mass is 16.6. The third-order valence-electron chi connectivity index (χ3n) is 7.43. The number of ether oxygens (including phenoxy) is 1. The van der Waals surface area contributed by atoms with Gasteiger partial charge in [0.2, 0.25) is 1.43 Å². The third kappa shape index (κ3) is 8.44. The van der Waals surface area contributed by atoms with Gasteiger partial charge in [0.15, 0.2) is 5.69 Å². The van der Waals surface area contributed by atoms with E-state index >= 15 is 0 Å². The Labute approximate surface area is 250 Å². The van der Waals surface area contributed by atoms with Crippen LogP contribution in [0.2, 0.25) is 0 Å². The first-order chi connectivity index (χ1) is 20.8. The average molecular weight is 597 g/mol. The molecule has 1 atom stereocenters. The fourth-order valence-corrected chi connectivity index (χ4v) is 4.68. The molecule has 0 radical (unpaired) electrons. The number of aliphatic hydroxyl groups excluding tert-OH is 1. The number of fused-ring (bicyclic) bond motifs is 1. The number of carboxylic acids is 1. The second-order valence-corrected chi connectivity index (χ2v) is 10.9. The predicted octanol–water partition coefficient (Wildman–Crippen LogP) is 5.17. The number of allylic oxidation sites excluding steroid dienone is 1. The molecule has 1 amide bonds. The lowest BCUT2D eigenvalue weighted by Crippen LogP contribution is -2.25. The Kier molecular flexibility index (Phi) is 10.5. The van der Waals surface area contributed by atoms with E-state index in [1.165, 1.54) is 12.1 Å². The van der Waals surface area contributed by atoms with Crippen molar-refractivity contribution >= 4 is 40.6 Å². The number of unbranched alkanes of at least 4 members (excludes halogenated alkanes) is 1. The summed E-state index contributed by atoms with van der Waals surface area (Å²) in [6.45, 7) is 8.61. The van der Waals surface area contributed by atoms with Crippen molar-refractivity contribution in [2.75, 3.05) is 31.7 Å². The maximum atomic E-state index is 12.7. The summed E-state index contributed by atoms with van der Waals surface area (Å²) in [7, 11) is 1.95. The van der Waals surface area contributed by atoms with Crippen LogP contribution in [0.4, 0.5) is 22.7 Å². The van der Waals surface area contributed by atoms with Gasteiger partial charge in [-0.3, -0.25) is 24.5 Å². The summed E-state index contributed by atoms with van der Waals surface area (Å²) in [5, 5.41) is 35.9. The Morgan fingerprint density at radius 2 is 1.95 bits per heavy atom. The van der Waals surface area contributed by atoms with Crippen molar-refractivity contribution in [1.82, 2.24) is 5.32 Å². The molecule has 3 rings (SSSR count). The number of hydrogen-bond acceptors (Lipinski definition) is 10. The van der Waals surface area contributed by atoms with E-state index in [2.05, 4.69) is 41.1 Å². The maximum absolute atomic E-state index is 12.7. The number of hydrogen-bond donors (Lipinski definition) is 3. The molecule has 43 heavy (non-hydrogen) atoms. The van der Waals surface area contributed by atoms with Gasteiger partial charge in [0.1, 0.15) is 0 Å². The molecule has 0 fully saturated rings. The number of esters is 1. The number of nitrogens with one attached hydrogen (secondary N) is 1. The Hall–Kier alpha value is -4.65. The van der Waals surface area contributed by atoms with Crippen molar-refractivity contribution in [2.24, 2.45) is 16.1 Å². The van der Waals surface area contributed by atoms with Gasteiger partial charge in [0.25, 0.3) is 11.6 Å². The number of aliphatic carboxylic acids is 1. The lowest BCUT2D eigenvalue weighted by molar-refractivity contribution is -0.384. The maximum Gasteiger partial charge on any atom is 0.306 e. The van der Waals surface area contributed by atoms with E-state index in [1.807, 2.05) is 24.1 Å². The van der Waals surface area contributed by atoms with Crippen LogP contribution in [0.3, 0.4) is 0 Å². The number of nitro benzene ring substituents is 1. The van der Waals surface area contributed by atoms with Crippen LogP contribution in [0.1, 0.15) is 61.9 Å². The molecule has 2 aromatic carbocycles. The number of anilines is 1. The summed E-state index contributed by atoms with van der Waals surface area (Å²) in [6.07, 6.45) is 1.16. The summed E-state index contributed by atoms with van der Waals surface area (Å²) < 4.78 is 12.0. The van der Waals surface area contributed by atoms with Gasteiger partial charge in [0.05, 0.1) is 30.1 Å². The second-order valence-electron chi connectivity index (χ2n) is 10.9. The van der Waals surface area contributed by atoms with E-state index in [0.29, 0.717) is 24.9 Å². The standard InChI is InChI=1S/C30H37N5O8/c1-19-30(2,3)23-16-22(9-11-25(23)34(19)4)32-33-24-10-8-21(15-26(24)35(41)42)29(40)31-14-6-5-7-20(17-36)18-43-28(39)13-12-27(37)38/h8-11,15-16,20,36H,1,5-7,12-14,17-18H2,2-4H3,(H,31,40)(H,37,38)/i36D. The Morgan fingerprint density at radius 1 is 1.19 bits per heavy atom. The summed E-state index contributed by atoms with van der Waals surface area (Å²) >= 11 is 0. The van der Waals surface area contributed by atoms with E-state index in [4.69, 9.17) is 11.3 Å². The number of carbonyl (C=O) groups excluding carboxylic acids is 2. The molecule has 0 saturated carbocycles.